The Morgan fingerprint density at radius 2 is 1.70 bits per heavy atom. The van der Waals surface area contributed by atoms with Gasteiger partial charge in [-0.2, -0.15) is 0 Å². The van der Waals surface area contributed by atoms with E-state index in [0.717, 1.165) is 36.3 Å². The monoisotopic (exact) mass is 367 g/mol. The number of rotatable bonds is 7. The van der Waals surface area contributed by atoms with Crippen LogP contribution in [-0.4, -0.2) is 19.1 Å². The van der Waals surface area contributed by atoms with Crippen molar-refractivity contribution in [2.45, 2.75) is 58.1 Å². The van der Waals surface area contributed by atoms with E-state index < -0.39 is 6.10 Å². The van der Waals surface area contributed by atoms with E-state index in [1.807, 2.05) is 30.3 Å². The lowest BCUT2D eigenvalue weighted by molar-refractivity contribution is -0.128. The number of carbonyl (C=O) groups is 1. The van der Waals surface area contributed by atoms with Crippen molar-refractivity contribution >= 4 is 5.91 Å². The first-order valence-electron chi connectivity index (χ1n) is 9.83. The van der Waals surface area contributed by atoms with Crippen LogP contribution in [0.1, 0.15) is 55.8 Å². The Morgan fingerprint density at radius 1 is 1.04 bits per heavy atom. The lowest BCUT2D eigenvalue weighted by Crippen LogP contribution is -2.38. The number of nitrogens with one attached hydrogen (secondary N) is 1. The first-order valence-corrected chi connectivity index (χ1v) is 9.83. The van der Waals surface area contributed by atoms with Gasteiger partial charge in [0.2, 0.25) is 0 Å². The zero-order valence-corrected chi connectivity index (χ0v) is 16.5. The lowest BCUT2D eigenvalue weighted by Gasteiger charge is -2.22. The fourth-order valence-electron chi connectivity index (χ4n) is 3.59. The molecule has 144 valence electrons. The molecule has 0 saturated heterocycles. The molecule has 0 fully saturated rings. The average molecular weight is 367 g/mol. The molecule has 1 aliphatic carbocycles. The minimum Gasteiger partial charge on any atom is -0.497 e. The summed E-state index contributed by atoms with van der Waals surface area (Å²) in [6.07, 6.45) is 5.00. The van der Waals surface area contributed by atoms with E-state index >= 15 is 0 Å². The van der Waals surface area contributed by atoms with Crippen molar-refractivity contribution < 1.29 is 14.3 Å². The summed E-state index contributed by atoms with van der Waals surface area (Å²) in [5.41, 5.74) is 3.83. The SMILES string of the molecule is CC[C@H](NC(=O)[C@@H](C)Oc1ccc2c(c1)CCCC2)c1ccc(OC)cc1. The summed E-state index contributed by atoms with van der Waals surface area (Å²) < 4.78 is 11.1. The van der Waals surface area contributed by atoms with E-state index in [-0.39, 0.29) is 11.9 Å². The van der Waals surface area contributed by atoms with E-state index in [1.54, 1.807) is 14.0 Å². The van der Waals surface area contributed by atoms with Crippen molar-refractivity contribution in [2.24, 2.45) is 0 Å². The zero-order chi connectivity index (χ0) is 19.2. The Morgan fingerprint density at radius 3 is 2.37 bits per heavy atom. The summed E-state index contributed by atoms with van der Waals surface area (Å²) in [5, 5.41) is 3.10. The van der Waals surface area contributed by atoms with Crippen LogP contribution in [0, 0.1) is 0 Å². The van der Waals surface area contributed by atoms with E-state index in [4.69, 9.17) is 9.47 Å². The van der Waals surface area contributed by atoms with Gasteiger partial charge in [0, 0.05) is 0 Å². The number of hydrogen-bond acceptors (Lipinski definition) is 3. The lowest BCUT2D eigenvalue weighted by atomic mass is 9.92. The van der Waals surface area contributed by atoms with Crippen molar-refractivity contribution in [1.82, 2.24) is 5.32 Å². The number of benzene rings is 2. The maximum atomic E-state index is 12.6. The van der Waals surface area contributed by atoms with Crippen LogP contribution in [0.3, 0.4) is 0 Å². The smallest absolute Gasteiger partial charge is 0.261 e. The summed E-state index contributed by atoms with van der Waals surface area (Å²) >= 11 is 0. The van der Waals surface area contributed by atoms with Crippen molar-refractivity contribution in [1.29, 1.82) is 0 Å². The highest BCUT2D eigenvalue weighted by Gasteiger charge is 2.20. The molecule has 0 aromatic heterocycles. The summed E-state index contributed by atoms with van der Waals surface area (Å²) in [6, 6.07) is 14.0. The molecule has 4 nitrogen and oxygen atoms in total. The Labute approximate surface area is 161 Å². The van der Waals surface area contributed by atoms with Crippen molar-refractivity contribution in [2.75, 3.05) is 7.11 Å². The number of fused-ring (bicyclic) bond motifs is 1. The van der Waals surface area contributed by atoms with Gasteiger partial charge in [0.1, 0.15) is 11.5 Å². The Kier molecular flexibility index (Phi) is 6.38. The predicted octanol–water partition coefficient (Wildman–Crippen LogP) is 4.61. The Hall–Kier alpha value is -2.49. The number of ether oxygens (including phenoxy) is 2. The molecule has 0 saturated carbocycles. The topological polar surface area (TPSA) is 47.6 Å². The molecule has 0 bridgehead atoms. The Bertz CT molecular complexity index is 770. The number of aryl methyl sites for hydroxylation is 2. The molecule has 27 heavy (non-hydrogen) atoms. The molecular formula is C23H29NO3. The van der Waals surface area contributed by atoms with E-state index in [1.165, 1.54) is 24.0 Å². The van der Waals surface area contributed by atoms with Gasteiger partial charge in [0.05, 0.1) is 13.2 Å². The molecular weight excluding hydrogens is 338 g/mol. The molecule has 0 spiro atoms. The molecule has 0 heterocycles. The van der Waals surface area contributed by atoms with Crippen molar-refractivity contribution in [3.05, 3.63) is 59.2 Å². The van der Waals surface area contributed by atoms with Gasteiger partial charge in [-0.1, -0.05) is 25.1 Å². The van der Waals surface area contributed by atoms with Crippen LogP contribution in [0.4, 0.5) is 0 Å². The third-order valence-corrected chi connectivity index (χ3v) is 5.24. The quantitative estimate of drug-likeness (QED) is 0.777. The molecule has 3 rings (SSSR count). The van der Waals surface area contributed by atoms with Crippen molar-refractivity contribution in [3.8, 4) is 11.5 Å². The highest BCUT2D eigenvalue weighted by atomic mass is 16.5. The largest absolute Gasteiger partial charge is 0.497 e. The zero-order valence-electron chi connectivity index (χ0n) is 16.5. The van der Waals surface area contributed by atoms with Gasteiger partial charge in [-0.3, -0.25) is 4.79 Å². The highest BCUT2D eigenvalue weighted by molar-refractivity contribution is 5.81. The second kappa shape index (κ2) is 8.94. The molecule has 0 aliphatic heterocycles. The average Bonchev–Trinajstić information content (AvgIpc) is 2.71. The molecule has 1 N–H and O–H groups in total. The van der Waals surface area contributed by atoms with E-state index in [9.17, 15) is 4.79 Å². The third-order valence-electron chi connectivity index (χ3n) is 5.24. The second-order valence-corrected chi connectivity index (χ2v) is 7.14. The van der Waals surface area contributed by atoms with Gasteiger partial charge in [0.25, 0.3) is 5.91 Å². The normalized spacial score (nSPS) is 15.4. The van der Waals surface area contributed by atoms with Crippen LogP contribution in [0.15, 0.2) is 42.5 Å². The van der Waals surface area contributed by atoms with Gasteiger partial charge in [-0.25, -0.2) is 0 Å². The number of hydrogen-bond donors (Lipinski definition) is 1. The maximum absolute atomic E-state index is 12.6. The maximum Gasteiger partial charge on any atom is 0.261 e. The van der Waals surface area contributed by atoms with Gasteiger partial charge >= 0.3 is 0 Å². The first kappa shape index (κ1) is 19.3. The van der Waals surface area contributed by atoms with Crippen LogP contribution < -0.4 is 14.8 Å². The summed E-state index contributed by atoms with van der Waals surface area (Å²) in [5.74, 6) is 1.48. The third kappa shape index (κ3) is 4.82. The van der Waals surface area contributed by atoms with Gasteiger partial charge in [-0.15, -0.1) is 0 Å². The van der Waals surface area contributed by atoms with Crippen LogP contribution in [0.25, 0.3) is 0 Å². The number of amides is 1. The summed E-state index contributed by atoms with van der Waals surface area (Å²) in [4.78, 5) is 12.6. The van der Waals surface area contributed by atoms with Gasteiger partial charge < -0.3 is 14.8 Å². The van der Waals surface area contributed by atoms with Gasteiger partial charge in [0.15, 0.2) is 6.10 Å². The predicted molar refractivity (Wildman–Crippen MR) is 107 cm³/mol. The fraction of sp³-hybridized carbons (Fsp3) is 0.435. The second-order valence-electron chi connectivity index (χ2n) is 7.14. The first-order chi connectivity index (χ1) is 13.1. The summed E-state index contributed by atoms with van der Waals surface area (Å²) in [6.45, 7) is 3.86. The number of carbonyl (C=O) groups excluding carboxylic acids is 1. The van der Waals surface area contributed by atoms with Crippen molar-refractivity contribution in [3.63, 3.8) is 0 Å². The molecule has 2 aromatic rings. The van der Waals surface area contributed by atoms with Crippen LogP contribution in [0.2, 0.25) is 0 Å². The molecule has 0 radical (unpaired) electrons. The van der Waals surface area contributed by atoms with Crippen LogP contribution in [0.5, 0.6) is 11.5 Å². The molecule has 0 unspecified atom stereocenters. The minimum absolute atomic E-state index is 0.0435. The van der Waals surface area contributed by atoms with E-state index in [0.29, 0.717) is 0 Å². The molecule has 4 heteroatoms. The molecule has 2 atom stereocenters. The van der Waals surface area contributed by atoms with Gasteiger partial charge in [-0.05, 0) is 80.0 Å². The minimum atomic E-state index is -0.543. The highest BCUT2D eigenvalue weighted by Crippen LogP contribution is 2.26. The molecule has 2 aromatic carbocycles. The van der Waals surface area contributed by atoms with Crippen LogP contribution in [-0.2, 0) is 17.6 Å². The van der Waals surface area contributed by atoms with Crippen LogP contribution >= 0.6 is 0 Å². The standard InChI is InChI=1S/C23H29NO3/c1-4-22(18-10-12-20(26-3)13-11-18)24-23(25)16(2)27-21-14-9-17-7-5-6-8-19(17)15-21/h9-16,22H,4-8H2,1-3H3,(H,24,25)/t16-,22+/m1/s1. The van der Waals surface area contributed by atoms with E-state index in [2.05, 4.69) is 24.4 Å². The summed E-state index contributed by atoms with van der Waals surface area (Å²) in [7, 11) is 1.65. The number of methoxy groups -OCH3 is 1. The Balaban J connectivity index is 1.62. The fourth-order valence-corrected chi connectivity index (χ4v) is 3.59. The molecule has 1 aliphatic rings. The molecule has 1 amide bonds.